The van der Waals surface area contributed by atoms with Crippen LogP contribution in [0.5, 0.6) is 0 Å². The van der Waals surface area contributed by atoms with E-state index in [1.165, 1.54) is 43.8 Å². The number of aryl methyl sites for hydroxylation is 2. The zero-order valence-electron chi connectivity index (χ0n) is 12.9. The first kappa shape index (κ1) is 13.1. The second kappa shape index (κ2) is 4.99. The first-order valence-corrected chi connectivity index (χ1v) is 7.71. The highest BCUT2D eigenvalue weighted by atomic mass is 14.1. The molecule has 0 heteroatoms. The predicted octanol–water partition coefficient (Wildman–Crippen LogP) is 6.28. The lowest BCUT2D eigenvalue weighted by Crippen LogP contribution is -1.82. The quantitative estimate of drug-likeness (QED) is 0.360. The van der Waals surface area contributed by atoms with Crippen molar-refractivity contribution in [3.63, 3.8) is 0 Å². The van der Waals surface area contributed by atoms with Gasteiger partial charge in [0.1, 0.15) is 0 Å². The second-order valence-corrected chi connectivity index (χ2v) is 6.09. The summed E-state index contributed by atoms with van der Waals surface area (Å²) in [5.41, 5.74) is 5.16. The normalized spacial score (nSPS) is 11.2. The fourth-order valence-corrected chi connectivity index (χ4v) is 3.12. The number of fused-ring (bicyclic) bond motifs is 3. The fraction of sp³-hybridized carbons (Fsp3) is 0.0909. The maximum atomic E-state index is 2.29. The molecular formula is C22H18. The minimum atomic E-state index is 1.27. The van der Waals surface area contributed by atoms with Crippen LogP contribution >= 0.6 is 0 Å². The number of hydrogen-bond acceptors (Lipinski definition) is 0. The van der Waals surface area contributed by atoms with E-state index < -0.39 is 0 Å². The van der Waals surface area contributed by atoms with Crippen molar-refractivity contribution in [2.75, 3.05) is 0 Å². The molecule has 0 radical (unpaired) electrons. The summed E-state index contributed by atoms with van der Waals surface area (Å²) < 4.78 is 0. The van der Waals surface area contributed by atoms with Crippen molar-refractivity contribution in [2.24, 2.45) is 0 Å². The molecule has 0 fully saturated rings. The van der Waals surface area contributed by atoms with E-state index in [0.29, 0.717) is 0 Å². The van der Waals surface area contributed by atoms with E-state index in [-0.39, 0.29) is 0 Å². The minimum absolute atomic E-state index is 1.27. The van der Waals surface area contributed by atoms with Crippen molar-refractivity contribution in [1.82, 2.24) is 0 Å². The largest absolute Gasteiger partial charge is 0.0587 e. The zero-order chi connectivity index (χ0) is 15.1. The van der Waals surface area contributed by atoms with Crippen molar-refractivity contribution in [2.45, 2.75) is 13.8 Å². The van der Waals surface area contributed by atoms with Crippen molar-refractivity contribution in [1.29, 1.82) is 0 Å². The van der Waals surface area contributed by atoms with Gasteiger partial charge in [0, 0.05) is 0 Å². The summed E-state index contributed by atoms with van der Waals surface area (Å²) in [6, 6.07) is 26.6. The number of benzene rings is 4. The van der Waals surface area contributed by atoms with Gasteiger partial charge in [0.15, 0.2) is 0 Å². The van der Waals surface area contributed by atoms with Gasteiger partial charge in [-0.15, -0.1) is 0 Å². The summed E-state index contributed by atoms with van der Waals surface area (Å²) in [4.78, 5) is 0. The molecule has 4 aromatic rings. The molecule has 22 heavy (non-hydrogen) atoms. The van der Waals surface area contributed by atoms with Crippen molar-refractivity contribution >= 4 is 21.5 Å². The average Bonchev–Trinajstić information content (AvgIpc) is 2.54. The summed E-state index contributed by atoms with van der Waals surface area (Å²) in [6.45, 7) is 4.27. The lowest BCUT2D eigenvalue weighted by molar-refractivity contribution is 1.47. The molecule has 0 bridgehead atoms. The van der Waals surface area contributed by atoms with Crippen LogP contribution in [0.4, 0.5) is 0 Å². The molecular weight excluding hydrogens is 264 g/mol. The molecule has 0 unspecified atom stereocenters. The highest BCUT2D eigenvalue weighted by Crippen LogP contribution is 2.30. The molecule has 0 spiro atoms. The first-order valence-electron chi connectivity index (χ1n) is 7.71. The highest BCUT2D eigenvalue weighted by molar-refractivity contribution is 6.08. The average molecular weight is 282 g/mol. The van der Waals surface area contributed by atoms with E-state index in [1.807, 2.05) is 0 Å². The molecule has 4 aromatic carbocycles. The number of hydrogen-bond donors (Lipinski definition) is 0. The topological polar surface area (TPSA) is 0 Å². The van der Waals surface area contributed by atoms with Gasteiger partial charge < -0.3 is 0 Å². The van der Waals surface area contributed by atoms with Gasteiger partial charge in [0.25, 0.3) is 0 Å². The van der Waals surface area contributed by atoms with Gasteiger partial charge in [-0.05, 0) is 52.6 Å². The molecule has 0 aromatic heterocycles. The molecule has 0 saturated carbocycles. The Morgan fingerprint density at radius 1 is 0.455 bits per heavy atom. The van der Waals surface area contributed by atoms with Crippen molar-refractivity contribution in [3.8, 4) is 11.1 Å². The molecule has 106 valence electrons. The third kappa shape index (κ3) is 2.17. The van der Waals surface area contributed by atoms with Crippen LogP contribution in [0.15, 0.2) is 72.8 Å². The Balaban J connectivity index is 1.93. The van der Waals surface area contributed by atoms with Crippen LogP contribution in [0.25, 0.3) is 32.7 Å². The minimum Gasteiger partial charge on any atom is -0.0587 e. The van der Waals surface area contributed by atoms with E-state index in [4.69, 9.17) is 0 Å². The van der Waals surface area contributed by atoms with Gasteiger partial charge >= 0.3 is 0 Å². The summed E-state index contributed by atoms with van der Waals surface area (Å²) in [6.07, 6.45) is 0. The summed E-state index contributed by atoms with van der Waals surface area (Å²) in [5, 5.41) is 5.27. The SMILES string of the molecule is Cc1ccc(-c2ccc3c(ccc4cc(C)ccc43)c2)cc1. The first-order chi connectivity index (χ1) is 10.7. The summed E-state index contributed by atoms with van der Waals surface area (Å²) in [5.74, 6) is 0. The lowest BCUT2D eigenvalue weighted by Gasteiger charge is -2.08. The zero-order valence-corrected chi connectivity index (χ0v) is 12.9. The van der Waals surface area contributed by atoms with Gasteiger partial charge in [0.2, 0.25) is 0 Å². The summed E-state index contributed by atoms with van der Waals surface area (Å²) >= 11 is 0. The maximum absolute atomic E-state index is 2.29. The van der Waals surface area contributed by atoms with E-state index in [0.717, 1.165) is 0 Å². The van der Waals surface area contributed by atoms with Crippen LogP contribution in [0, 0.1) is 13.8 Å². The molecule has 0 aliphatic carbocycles. The number of rotatable bonds is 1. The van der Waals surface area contributed by atoms with Crippen LogP contribution < -0.4 is 0 Å². The predicted molar refractivity (Wildman–Crippen MR) is 96.4 cm³/mol. The Labute approximate surface area is 131 Å². The molecule has 0 saturated heterocycles. The molecule has 0 aliphatic heterocycles. The van der Waals surface area contributed by atoms with Gasteiger partial charge in [-0.3, -0.25) is 0 Å². The Morgan fingerprint density at radius 2 is 1.00 bits per heavy atom. The maximum Gasteiger partial charge on any atom is -0.0105 e. The molecule has 0 amide bonds. The molecule has 0 nitrogen and oxygen atoms in total. The van der Waals surface area contributed by atoms with Crippen molar-refractivity contribution in [3.05, 3.63) is 83.9 Å². The van der Waals surface area contributed by atoms with Gasteiger partial charge in [0.05, 0.1) is 0 Å². The molecule has 0 N–H and O–H groups in total. The third-order valence-electron chi connectivity index (χ3n) is 4.38. The molecule has 4 rings (SSSR count). The van der Waals surface area contributed by atoms with Gasteiger partial charge in [-0.25, -0.2) is 0 Å². The Kier molecular flexibility index (Phi) is 2.97. The van der Waals surface area contributed by atoms with Crippen LogP contribution in [-0.2, 0) is 0 Å². The standard InChI is InChI=1S/C22H18/c1-15-3-6-17(7-4-15)18-10-12-22-20(14-18)9-8-19-13-16(2)5-11-21(19)22/h3-14H,1-2H3. The summed E-state index contributed by atoms with van der Waals surface area (Å²) in [7, 11) is 0. The second-order valence-electron chi connectivity index (χ2n) is 6.09. The van der Waals surface area contributed by atoms with Crippen LogP contribution in [0.2, 0.25) is 0 Å². The Hall–Kier alpha value is -2.60. The van der Waals surface area contributed by atoms with E-state index in [1.54, 1.807) is 0 Å². The van der Waals surface area contributed by atoms with E-state index in [9.17, 15) is 0 Å². The molecule has 0 heterocycles. The van der Waals surface area contributed by atoms with E-state index in [2.05, 4.69) is 86.6 Å². The molecule has 0 atom stereocenters. The smallest absolute Gasteiger partial charge is 0.0105 e. The van der Waals surface area contributed by atoms with Crippen molar-refractivity contribution < 1.29 is 0 Å². The van der Waals surface area contributed by atoms with Crippen LogP contribution in [-0.4, -0.2) is 0 Å². The van der Waals surface area contributed by atoms with Gasteiger partial charge in [-0.2, -0.15) is 0 Å². The van der Waals surface area contributed by atoms with E-state index >= 15 is 0 Å². The Bertz CT molecular complexity index is 976. The highest BCUT2D eigenvalue weighted by Gasteiger charge is 2.03. The monoisotopic (exact) mass is 282 g/mol. The fourth-order valence-electron chi connectivity index (χ4n) is 3.12. The van der Waals surface area contributed by atoms with Gasteiger partial charge in [-0.1, -0.05) is 77.9 Å². The van der Waals surface area contributed by atoms with Crippen LogP contribution in [0.3, 0.4) is 0 Å². The Morgan fingerprint density at radius 3 is 1.73 bits per heavy atom. The molecule has 0 aliphatic rings. The lowest BCUT2D eigenvalue weighted by atomic mass is 9.96. The van der Waals surface area contributed by atoms with Crippen LogP contribution in [0.1, 0.15) is 11.1 Å². The third-order valence-corrected chi connectivity index (χ3v) is 4.38.